The lowest BCUT2D eigenvalue weighted by atomic mass is 10.2. The van der Waals surface area contributed by atoms with Crippen LogP contribution in [0.5, 0.6) is 5.88 Å². The standard InChI is InChI=1S/C12H15N3O7/c1-5(2)15-10(19)6(9(18)14-12(15)22)4-13-7(11(20)21)3-8(16)17/h4-5,7,19H,3H2,1-2H3,(H,16,17)(H,20,21)(H,14,18,22)/t7-/m0/s1. The summed E-state index contributed by atoms with van der Waals surface area (Å²) in [6.45, 7) is 3.18. The van der Waals surface area contributed by atoms with Gasteiger partial charge in [-0.3, -0.25) is 24.1 Å². The normalized spacial score (nSPS) is 12.7. The Hall–Kier alpha value is -2.91. The van der Waals surface area contributed by atoms with E-state index in [0.29, 0.717) is 0 Å². The van der Waals surface area contributed by atoms with Crippen LogP contribution in [0.25, 0.3) is 0 Å². The number of aromatic nitrogens is 2. The van der Waals surface area contributed by atoms with E-state index in [0.717, 1.165) is 10.8 Å². The van der Waals surface area contributed by atoms with Gasteiger partial charge in [-0.15, -0.1) is 0 Å². The lowest BCUT2D eigenvalue weighted by Gasteiger charge is -2.12. The van der Waals surface area contributed by atoms with Crippen LogP contribution in [-0.4, -0.2) is 49.1 Å². The Balaban J connectivity index is 3.33. The zero-order chi connectivity index (χ0) is 17.0. The first kappa shape index (κ1) is 17.1. The molecule has 120 valence electrons. The van der Waals surface area contributed by atoms with Crippen LogP contribution in [0.4, 0.5) is 0 Å². The molecule has 4 N–H and O–H groups in total. The Morgan fingerprint density at radius 3 is 2.36 bits per heavy atom. The first-order valence-corrected chi connectivity index (χ1v) is 6.20. The highest BCUT2D eigenvalue weighted by atomic mass is 16.4. The van der Waals surface area contributed by atoms with Crippen molar-refractivity contribution in [2.45, 2.75) is 32.4 Å². The number of nitrogens with one attached hydrogen (secondary N) is 1. The maximum absolute atomic E-state index is 11.7. The Morgan fingerprint density at radius 2 is 1.91 bits per heavy atom. The van der Waals surface area contributed by atoms with Crippen LogP contribution in [0.1, 0.15) is 31.9 Å². The van der Waals surface area contributed by atoms with Gasteiger partial charge in [-0.05, 0) is 13.8 Å². The summed E-state index contributed by atoms with van der Waals surface area (Å²) >= 11 is 0. The zero-order valence-corrected chi connectivity index (χ0v) is 11.8. The second-order valence-corrected chi connectivity index (χ2v) is 4.69. The van der Waals surface area contributed by atoms with Crippen molar-refractivity contribution in [1.82, 2.24) is 9.55 Å². The average Bonchev–Trinajstić information content (AvgIpc) is 2.35. The number of carboxylic acids is 2. The van der Waals surface area contributed by atoms with E-state index in [-0.39, 0.29) is 0 Å². The summed E-state index contributed by atoms with van der Waals surface area (Å²) in [4.78, 5) is 50.1. The fourth-order valence-electron chi connectivity index (χ4n) is 1.68. The van der Waals surface area contributed by atoms with Crippen molar-refractivity contribution in [3.8, 4) is 5.88 Å². The molecular formula is C12H15N3O7. The molecule has 0 bridgehead atoms. The third kappa shape index (κ3) is 3.81. The summed E-state index contributed by atoms with van der Waals surface area (Å²) in [7, 11) is 0. The lowest BCUT2D eigenvalue weighted by molar-refractivity contribution is -0.144. The van der Waals surface area contributed by atoms with Crippen molar-refractivity contribution in [2.24, 2.45) is 4.99 Å². The number of carboxylic acid groups (broad SMARTS) is 2. The zero-order valence-electron chi connectivity index (χ0n) is 11.8. The van der Waals surface area contributed by atoms with Crippen molar-refractivity contribution < 1.29 is 24.9 Å². The van der Waals surface area contributed by atoms with E-state index in [2.05, 4.69) is 4.99 Å². The summed E-state index contributed by atoms with van der Waals surface area (Å²) in [6.07, 6.45) is -0.0392. The highest BCUT2D eigenvalue weighted by Crippen LogP contribution is 2.13. The second-order valence-electron chi connectivity index (χ2n) is 4.69. The molecule has 0 saturated heterocycles. The van der Waals surface area contributed by atoms with Gasteiger partial charge in [0, 0.05) is 12.3 Å². The van der Waals surface area contributed by atoms with Gasteiger partial charge in [0.15, 0.2) is 6.04 Å². The van der Waals surface area contributed by atoms with Crippen molar-refractivity contribution in [2.75, 3.05) is 0 Å². The molecule has 10 nitrogen and oxygen atoms in total. The molecule has 0 aliphatic heterocycles. The molecule has 0 fully saturated rings. The molecule has 1 rings (SSSR count). The highest BCUT2D eigenvalue weighted by molar-refractivity contribution is 5.87. The monoisotopic (exact) mass is 313 g/mol. The summed E-state index contributed by atoms with van der Waals surface area (Å²) in [5, 5.41) is 27.4. The van der Waals surface area contributed by atoms with E-state index in [9.17, 15) is 24.3 Å². The minimum atomic E-state index is -1.62. The van der Waals surface area contributed by atoms with Gasteiger partial charge in [-0.1, -0.05) is 0 Å². The largest absolute Gasteiger partial charge is 0.494 e. The number of aromatic hydroxyl groups is 1. The van der Waals surface area contributed by atoms with Gasteiger partial charge in [-0.2, -0.15) is 0 Å². The van der Waals surface area contributed by atoms with E-state index in [1.54, 1.807) is 13.8 Å². The van der Waals surface area contributed by atoms with Gasteiger partial charge in [0.2, 0.25) is 5.88 Å². The number of H-pyrrole nitrogens is 1. The van der Waals surface area contributed by atoms with E-state index in [1.807, 2.05) is 4.98 Å². The van der Waals surface area contributed by atoms with Gasteiger partial charge in [-0.25, -0.2) is 9.59 Å². The van der Waals surface area contributed by atoms with E-state index in [1.165, 1.54) is 0 Å². The van der Waals surface area contributed by atoms with Gasteiger partial charge < -0.3 is 15.3 Å². The van der Waals surface area contributed by atoms with Crippen LogP contribution in [0.15, 0.2) is 14.6 Å². The Kier molecular flexibility index (Phi) is 5.22. The van der Waals surface area contributed by atoms with Crippen LogP contribution in [0.3, 0.4) is 0 Å². The van der Waals surface area contributed by atoms with Gasteiger partial charge in [0.1, 0.15) is 5.56 Å². The number of hydrogen-bond acceptors (Lipinski definition) is 6. The van der Waals surface area contributed by atoms with Crippen molar-refractivity contribution in [3.05, 3.63) is 26.4 Å². The maximum Gasteiger partial charge on any atom is 0.331 e. The number of nitrogens with zero attached hydrogens (tertiary/aromatic N) is 2. The number of aromatic amines is 1. The number of carbonyl (C=O) groups is 2. The minimum Gasteiger partial charge on any atom is -0.494 e. The molecule has 0 amide bonds. The summed E-state index contributed by atoms with van der Waals surface area (Å²) in [5.41, 5.74) is -2.21. The molecule has 1 heterocycles. The molecule has 0 aromatic carbocycles. The van der Waals surface area contributed by atoms with Crippen LogP contribution in [0, 0.1) is 0 Å². The smallest absolute Gasteiger partial charge is 0.331 e. The predicted molar refractivity (Wildman–Crippen MR) is 74.6 cm³/mol. The molecule has 0 saturated carbocycles. The fourth-order valence-corrected chi connectivity index (χ4v) is 1.68. The number of aliphatic imine (C=N–C) groups is 1. The Labute approximate surface area is 123 Å². The molecule has 0 aliphatic carbocycles. The third-order valence-corrected chi connectivity index (χ3v) is 2.71. The SMILES string of the molecule is CC(C)n1c(O)c(C=N[C@@H](CC(=O)O)C(=O)O)c(=O)[nH]c1=O. The molecule has 10 heteroatoms. The van der Waals surface area contributed by atoms with E-state index in [4.69, 9.17) is 10.2 Å². The van der Waals surface area contributed by atoms with Crippen molar-refractivity contribution in [3.63, 3.8) is 0 Å². The molecule has 0 unspecified atom stereocenters. The number of aliphatic carboxylic acids is 2. The Bertz CT molecular complexity index is 729. The van der Waals surface area contributed by atoms with Gasteiger partial charge >= 0.3 is 17.6 Å². The molecule has 1 aromatic heterocycles. The minimum absolute atomic E-state index is 0.426. The van der Waals surface area contributed by atoms with Crippen LogP contribution < -0.4 is 11.2 Å². The van der Waals surface area contributed by atoms with Crippen molar-refractivity contribution >= 4 is 18.2 Å². The van der Waals surface area contributed by atoms with Gasteiger partial charge in [0.25, 0.3) is 5.56 Å². The van der Waals surface area contributed by atoms with E-state index < -0.39 is 53.1 Å². The fraction of sp³-hybridized carbons (Fsp3) is 0.417. The molecule has 22 heavy (non-hydrogen) atoms. The van der Waals surface area contributed by atoms with Crippen molar-refractivity contribution in [1.29, 1.82) is 0 Å². The van der Waals surface area contributed by atoms with Gasteiger partial charge in [0.05, 0.1) is 6.42 Å². The second kappa shape index (κ2) is 6.70. The predicted octanol–water partition coefficient (Wildman–Crippen LogP) is -0.830. The summed E-state index contributed by atoms with van der Waals surface area (Å²) in [5.74, 6) is -3.55. The van der Waals surface area contributed by atoms with Crippen LogP contribution in [0.2, 0.25) is 0 Å². The van der Waals surface area contributed by atoms with E-state index >= 15 is 0 Å². The number of rotatable bonds is 6. The average molecular weight is 313 g/mol. The van der Waals surface area contributed by atoms with Crippen LogP contribution in [-0.2, 0) is 9.59 Å². The molecular weight excluding hydrogens is 298 g/mol. The molecule has 1 aromatic rings. The molecule has 1 atom stereocenters. The third-order valence-electron chi connectivity index (χ3n) is 2.71. The first-order valence-electron chi connectivity index (χ1n) is 6.20. The first-order chi connectivity index (χ1) is 10.1. The van der Waals surface area contributed by atoms with Crippen LogP contribution >= 0.6 is 0 Å². The quantitative estimate of drug-likeness (QED) is 0.498. The highest BCUT2D eigenvalue weighted by Gasteiger charge is 2.20. The molecule has 0 radical (unpaired) electrons. The number of hydrogen-bond donors (Lipinski definition) is 4. The molecule has 0 spiro atoms. The summed E-state index contributed by atoms with van der Waals surface area (Å²) in [6, 6.07) is -2.08. The Morgan fingerprint density at radius 1 is 1.32 bits per heavy atom. The lowest BCUT2D eigenvalue weighted by Crippen LogP contribution is -2.33. The topological polar surface area (TPSA) is 162 Å². The molecule has 0 aliphatic rings. The maximum atomic E-state index is 11.7. The summed E-state index contributed by atoms with van der Waals surface area (Å²) < 4.78 is 0.885.